The molecule has 2 saturated heterocycles. The minimum atomic E-state index is -4.33. The van der Waals surface area contributed by atoms with Crippen LogP contribution < -0.4 is 16.0 Å². The number of methoxy groups -OCH3 is 1. The molecule has 0 bridgehead atoms. The smallest absolute Gasteiger partial charge is 0.416 e. The van der Waals surface area contributed by atoms with Crippen LogP contribution in [0, 0.1) is 13.8 Å². The third-order valence-electron chi connectivity index (χ3n) is 11.7. The predicted octanol–water partition coefficient (Wildman–Crippen LogP) is 9.00. The molecule has 3 N–H and O–H groups in total. The third kappa shape index (κ3) is 11.6. The van der Waals surface area contributed by atoms with Crippen LogP contribution in [0.5, 0.6) is 0 Å². The lowest BCUT2D eigenvalue weighted by Crippen LogP contribution is -2.46. The number of carbonyl (C=O) groups excluding carboxylic acids is 3. The molecule has 4 aromatic rings. The summed E-state index contributed by atoms with van der Waals surface area (Å²) >= 11 is 3.38. The molecule has 12 heteroatoms. The minimum Gasteiger partial charge on any atom is -0.465 e. The lowest BCUT2D eigenvalue weighted by molar-refractivity contribution is -0.137. The zero-order chi connectivity index (χ0) is 42.2. The molecule has 4 fully saturated rings. The van der Waals surface area contributed by atoms with Gasteiger partial charge in [-0.2, -0.15) is 13.2 Å². The molecule has 0 aromatic heterocycles. The van der Waals surface area contributed by atoms with E-state index in [4.69, 9.17) is 4.74 Å². The molecule has 4 aromatic carbocycles. The second kappa shape index (κ2) is 19.2. The van der Waals surface area contributed by atoms with Gasteiger partial charge in [0.25, 0.3) is 0 Å². The van der Waals surface area contributed by atoms with Crippen molar-refractivity contribution in [2.24, 2.45) is 0 Å². The maximum Gasteiger partial charge on any atom is 0.416 e. The van der Waals surface area contributed by atoms with Gasteiger partial charge in [0.1, 0.15) is 0 Å². The van der Waals surface area contributed by atoms with Crippen molar-refractivity contribution in [3.8, 4) is 0 Å². The van der Waals surface area contributed by atoms with Crippen molar-refractivity contribution in [3.63, 3.8) is 0 Å². The fourth-order valence-corrected chi connectivity index (χ4v) is 8.08. The van der Waals surface area contributed by atoms with Gasteiger partial charge < -0.3 is 20.7 Å². The number of nitrogens with zero attached hydrogens (tertiary/aromatic N) is 1. The molecule has 0 spiro atoms. The van der Waals surface area contributed by atoms with Gasteiger partial charge in [0.2, 0.25) is 11.8 Å². The number of benzene rings is 4. The second-order valence-electron chi connectivity index (χ2n) is 16.2. The first-order valence-electron chi connectivity index (χ1n) is 20.4. The Hall–Kier alpha value is -4.52. The minimum absolute atomic E-state index is 0.0208. The van der Waals surface area contributed by atoms with Gasteiger partial charge >= 0.3 is 12.1 Å². The zero-order valence-electron chi connectivity index (χ0n) is 34.0. The summed E-state index contributed by atoms with van der Waals surface area (Å²) in [5.41, 5.74) is 6.22. The number of halogens is 4. The van der Waals surface area contributed by atoms with Gasteiger partial charge in [-0.25, -0.2) is 4.79 Å². The Morgan fingerprint density at radius 2 is 1.27 bits per heavy atom. The summed E-state index contributed by atoms with van der Waals surface area (Å²) in [6, 6.07) is 29.0. The van der Waals surface area contributed by atoms with Crippen molar-refractivity contribution >= 4 is 33.7 Å². The van der Waals surface area contributed by atoms with E-state index < -0.39 is 11.7 Å². The van der Waals surface area contributed by atoms with Crippen LogP contribution in [0.1, 0.15) is 101 Å². The average molecular weight is 876 g/mol. The Balaban J connectivity index is 0.000000169. The van der Waals surface area contributed by atoms with Gasteiger partial charge in [0, 0.05) is 11.9 Å². The standard InChI is InChI=1S/C23H25F3N2O.C16H20N2O3.C8H9Br/c1-16-4-8-18(9-5-16)22(12-13-22)27-21(29)20-3-2-14-28(20)15-17-6-10-19(11-7-17)23(24,25)26;1-21-15(20)11-4-6-12(7-5-11)16(8-9-16)18-14(19)13-3-2-10-17-13;1-7-2-4-8(6-9)5-3-7/h4-11,20H,2-3,12-15H2,1H3,(H,27,29);4-7,13,17H,2-3,8-10H2,1H3,(H,18,19);2-5H,6H2,1H3/t20-;;/m1../s1. The van der Waals surface area contributed by atoms with E-state index in [1.165, 1.54) is 35.9 Å². The van der Waals surface area contributed by atoms with Gasteiger partial charge in [-0.1, -0.05) is 99.9 Å². The number of nitrogens with one attached hydrogen (secondary N) is 3. The molecule has 2 amide bonds. The lowest BCUT2D eigenvalue weighted by atomic mass is 10.0. The van der Waals surface area contributed by atoms with Crippen LogP contribution in [0.3, 0.4) is 0 Å². The van der Waals surface area contributed by atoms with E-state index in [1.807, 2.05) is 19.1 Å². The molecule has 2 aliphatic carbocycles. The fourth-order valence-electron chi connectivity index (χ4n) is 7.71. The lowest BCUT2D eigenvalue weighted by Gasteiger charge is -2.27. The highest BCUT2D eigenvalue weighted by Gasteiger charge is 2.48. The van der Waals surface area contributed by atoms with Crippen LogP contribution >= 0.6 is 15.9 Å². The van der Waals surface area contributed by atoms with Crippen molar-refractivity contribution in [2.45, 2.75) is 106 Å². The Bertz CT molecular complexity index is 2030. The largest absolute Gasteiger partial charge is 0.465 e. The summed E-state index contributed by atoms with van der Waals surface area (Å²) in [7, 11) is 1.37. The molecule has 8 rings (SSSR count). The van der Waals surface area contributed by atoms with E-state index in [0.717, 1.165) is 98.6 Å². The quantitative estimate of drug-likeness (QED) is 0.109. The predicted molar refractivity (Wildman–Crippen MR) is 227 cm³/mol. The molecule has 2 atom stereocenters. The first kappa shape index (κ1) is 44.0. The van der Waals surface area contributed by atoms with E-state index in [9.17, 15) is 27.6 Å². The summed E-state index contributed by atoms with van der Waals surface area (Å²) in [4.78, 5) is 38.8. The van der Waals surface area contributed by atoms with Gasteiger partial charge in [0.05, 0.1) is 41.4 Å². The average Bonchev–Trinajstić information content (AvgIpc) is 4.06. The number of alkyl halides is 4. The molecular formula is C47H54BrF3N4O4. The summed E-state index contributed by atoms with van der Waals surface area (Å²) in [5.74, 6) is -0.236. The second-order valence-corrected chi connectivity index (χ2v) is 16.7. The summed E-state index contributed by atoms with van der Waals surface area (Å²) in [6.07, 6.45) is 3.09. The van der Waals surface area contributed by atoms with Crippen molar-refractivity contribution in [2.75, 3.05) is 20.2 Å². The molecule has 0 radical (unpaired) electrons. The molecule has 2 heterocycles. The highest BCUT2D eigenvalue weighted by molar-refractivity contribution is 9.08. The normalized spacial score (nSPS) is 19.9. The Morgan fingerprint density at radius 1 is 0.746 bits per heavy atom. The van der Waals surface area contributed by atoms with Crippen molar-refractivity contribution in [1.29, 1.82) is 0 Å². The number of rotatable bonds is 10. The summed E-state index contributed by atoms with van der Waals surface area (Å²) in [5, 5.41) is 10.6. The first-order chi connectivity index (χ1) is 28.2. The first-order valence-corrected chi connectivity index (χ1v) is 21.5. The monoisotopic (exact) mass is 874 g/mol. The van der Waals surface area contributed by atoms with E-state index >= 15 is 0 Å². The number of hydrogen-bond acceptors (Lipinski definition) is 6. The molecule has 4 aliphatic rings. The van der Waals surface area contributed by atoms with Gasteiger partial charge in [0.15, 0.2) is 0 Å². The highest BCUT2D eigenvalue weighted by atomic mass is 79.9. The van der Waals surface area contributed by atoms with E-state index in [0.29, 0.717) is 12.1 Å². The zero-order valence-corrected chi connectivity index (χ0v) is 35.6. The number of aryl methyl sites for hydroxylation is 2. The van der Waals surface area contributed by atoms with Crippen LogP contribution in [0.2, 0.25) is 0 Å². The third-order valence-corrected chi connectivity index (χ3v) is 12.3. The fraction of sp³-hybridized carbons (Fsp3) is 0.426. The van der Waals surface area contributed by atoms with Crippen molar-refractivity contribution < 1.29 is 32.3 Å². The van der Waals surface area contributed by atoms with Crippen LogP contribution in [-0.4, -0.2) is 55.0 Å². The SMILES string of the molecule is COC(=O)c1ccc(C2(NC(=O)C3CCCN3)CC2)cc1.Cc1ccc(C2(NC(=O)[C@H]3CCCN3Cc3ccc(C(F)(F)F)cc3)CC2)cc1.Cc1ccc(CBr)cc1. The maximum atomic E-state index is 13.0. The highest BCUT2D eigenvalue weighted by Crippen LogP contribution is 2.46. The Kier molecular flexibility index (Phi) is 14.4. The molecule has 2 aliphatic heterocycles. The molecular weight excluding hydrogens is 821 g/mol. The summed E-state index contributed by atoms with van der Waals surface area (Å²) < 4.78 is 43.0. The van der Waals surface area contributed by atoms with Crippen LogP contribution in [0.4, 0.5) is 13.2 Å². The van der Waals surface area contributed by atoms with E-state index in [2.05, 4.69) is 92.2 Å². The molecule has 59 heavy (non-hydrogen) atoms. The van der Waals surface area contributed by atoms with Crippen LogP contribution in [0.25, 0.3) is 0 Å². The van der Waals surface area contributed by atoms with E-state index in [-0.39, 0.29) is 40.9 Å². The molecule has 314 valence electrons. The maximum absolute atomic E-state index is 13.0. The van der Waals surface area contributed by atoms with Crippen molar-refractivity contribution in [1.82, 2.24) is 20.9 Å². The summed E-state index contributed by atoms with van der Waals surface area (Å²) in [6.45, 7) is 6.31. The van der Waals surface area contributed by atoms with Crippen LogP contribution in [-0.2, 0) is 43.5 Å². The number of hydrogen-bond donors (Lipinski definition) is 3. The van der Waals surface area contributed by atoms with E-state index in [1.54, 1.807) is 12.1 Å². The number of ether oxygens (including phenoxy) is 1. The molecule has 8 nitrogen and oxygen atoms in total. The topological polar surface area (TPSA) is 99.8 Å². The number of likely N-dealkylation sites (tertiary alicyclic amines) is 1. The number of amides is 2. The Morgan fingerprint density at radius 3 is 1.76 bits per heavy atom. The van der Waals surface area contributed by atoms with Gasteiger partial charge in [-0.05, 0) is 125 Å². The van der Waals surface area contributed by atoms with Crippen molar-refractivity contribution in [3.05, 3.63) is 142 Å². The number of esters is 1. The number of carbonyl (C=O) groups is 3. The van der Waals surface area contributed by atoms with Gasteiger partial charge in [-0.15, -0.1) is 0 Å². The molecule has 2 saturated carbocycles. The Labute approximate surface area is 353 Å². The van der Waals surface area contributed by atoms with Gasteiger partial charge in [-0.3, -0.25) is 14.5 Å². The molecule has 1 unspecified atom stereocenters. The van der Waals surface area contributed by atoms with Crippen LogP contribution in [0.15, 0.2) is 97.1 Å².